The Morgan fingerprint density at radius 1 is 1.35 bits per heavy atom. The van der Waals surface area contributed by atoms with Gasteiger partial charge in [0.1, 0.15) is 11.4 Å². The van der Waals surface area contributed by atoms with Crippen LogP contribution in [0.2, 0.25) is 0 Å². The van der Waals surface area contributed by atoms with Crippen LogP contribution in [0, 0.1) is 5.82 Å². The number of benzene rings is 1. The van der Waals surface area contributed by atoms with Gasteiger partial charge in [-0.25, -0.2) is 9.18 Å². The minimum absolute atomic E-state index is 0.277. The molecular formula is C16H22FNO4S. The number of carbonyl (C=O) groups excluding carboxylic acids is 1. The second-order valence-electron chi connectivity index (χ2n) is 6.37. The smallest absolute Gasteiger partial charge is 0.410 e. The Bertz CT molecular complexity index is 570. The van der Waals surface area contributed by atoms with Crippen molar-refractivity contribution >= 4 is 16.9 Å². The summed E-state index contributed by atoms with van der Waals surface area (Å²) in [4.78, 5) is 14.3. The van der Waals surface area contributed by atoms with E-state index in [0.717, 1.165) is 0 Å². The highest BCUT2D eigenvalue weighted by Gasteiger charge is 2.30. The van der Waals surface area contributed by atoms with Crippen molar-refractivity contribution in [3.05, 3.63) is 30.1 Å². The van der Waals surface area contributed by atoms with Gasteiger partial charge in [0.2, 0.25) is 0 Å². The highest BCUT2D eigenvalue weighted by Crippen LogP contribution is 2.17. The van der Waals surface area contributed by atoms with Crippen LogP contribution >= 0.6 is 0 Å². The van der Waals surface area contributed by atoms with Crippen molar-refractivity contribution in [3.63, 3.8) is 0 Å². The second kappa shape index (κ2) is 7.40. The first kappa shape index (κ1) is 17.9. The van der Waals surface area contributed by atoms with E-state index >= 15 is 0 Å². The van der Waals surface area contributed by atoms with Crippen molar-refractivity contribution in [1.29, 1.82) is 0 Å². The molecule has 1 aromatic rings. The first-order valence-electron chi connectivity index (χ1n) is 7.48. The zero-order chi connectivity index (χ0) is 17.0. The van der Waals surface area contributed by atoms with E-state index in [1.807, 2.05) is 0 Å². The largest absolute Gasteiger partial charge is 0.444 e. The summed E-state index contributed by atoms with van der Waals surface area (Å²) >= 11 is 0. The van der Waals surface area contributed by atoms with Gasteiger partial charge in [-0.15, -0.1) is 0 Å². The minimum atomic E-state index is -1.39. The summed E-state index contributed by atoms with van der Waals surface area (Å²) in [6.07, 6.45) is -0.441. The van der Waals surface area contributed by atoms with E-state index in [0.29, 0.717) is 18.0 Å². The van der Waals surface area contributed by atoms with Gasteiger partial charge in [-0.3, -0.25) is 4.21 Å². The summed E-state index contributed by atoms with van der Waals surface area (Å²) in [7, 11) is -1.39. The molecular weight excluding hydrogens is 321 g/mol. The summed E-state index contributed by atoms with van der Waals surface area (Å²) in [5.74, 6) is -0.377. The maximum absolute atomic E-state index is 13.0. The Balaban J connectivity index is 2.08. The van der Waals surface area contributed by atoms with E-state index in [1.54, 1.807) is 20.8 Å². The molecule has 0 N–H and O–H groups in total. The molecule has 1 heterocycles. The van der Waals surface area contributed by atoms with Crippen LogP contribution in [-0.4, -0.2) is 52.4 Å². The number of hydrogen-bond donors (Lipinski definition) is 0. The van der Waals surface area contributed by atoms with Crippen LogP contribution in [0.4, 0.5) is 9.18 Å². The van der Waals surface area contributed by atoms with E-state index in [1.165, 1.54) is 29.2 Å². The van der Waals surface area contributed by atoms with E-state index in [2.05, 4.69) is 0 Å². The van der Waals surface area contributed by atoms with Gasteiger partial charge >= 0.3 is 6.09 Å². The highest BCUT2D eigenvalue weighted by molar-refractivity contribution is 7.85. The van der Waals surface area contributed by atoms with Crippen molar-refractivity contribution in [1.82, 2.24) is 4.90 Å². The molecule has 0 aromatic heterocycles. The first-order chi connectivity index (χ1) is 10.8. The standard InChI is InChI=1S/C16H22FNO4S/c1-16(2,3)22-15(19)18-8-9-21-11-14(10-18)23(20)13-6-4-12(17)5-7-13/h4-7,14H,8-11H2,1-3H3/t14-,23?/m1/s1. The van der Waals surface area contributed by atoms with Crippen molar-refractivity contribution < 1.29 is 22.9 Å². The van der Waals surface area contributed by atoms with Crippen LogP contribution in [0.15, 0.2) is 29.2 Å². The van der Waals surface area contributed by atoms with Crippen LogP contribution in [0.5, 0.6) is 0 Å². The Morgan fingerprint density at radius 2 is 2.00 bits per heavy atom. The molecule has 0 spiro atoms. The maximum atomic E-state index is 13.0. The number of hydrogen-bond acceptors (Lipinski definition) is 4. The Hall–Kier alpha value is -1.47. The molecule has 1 aliphatic heterocycles. The fraction of sp³-hybridized carbons (Fsp3) is 0.562. The predicted molar refractivity (Wildman–Crippen MR) is 85.2 cm³/mol. The molecule has 128 valence electrons. The van der Waals surface area contributed by atoms with Gasteiger partial charge in [0.15, 0.2) is 0 Å². The maximum Gasteiger partial charge on any atom is 0.410 e. The molecule has 5 nitrogen and oxygen atoms in total. The average Bonchev–Trinajstić information content (AvgIpc) is 2.71. The lowest BCUT2D eigenvalue weighted by Crippen LogP contribution is -2.42. The third-order valence-corrected chi connectivity index (χ3v) is 4.86. The lowest BCUT2D eigenvalue weighted by atomic mass is 10.2. The van der Waals surface area contributed by atoms with Gasteiger partial charge in [0, 0.05) is 18.0 Å². The van der Waals surface area contributed by atoms with Gasteiger partial charge in [-0.05, 0) is 45.0 Å². The SMILES string of the molecule is CC(C)(C)OC(=O)N1CCOC[C@H](S(=O)c2ccc(F)cc2)C1. The van der Waals surface area contributed by atoms with Gasteiger partial charge < -0.3 is 14.4 Å². The van der Waals surface area contributed by atoms with Crippen LogP contribution < -0.4 is 0 Å². The fourth-order valence-corrected chi connectivity index (χ4v) is 3.49. The molecule has 2 rings (SSSR count). The zero-order valence-electron chi connectivity index (χ0n) is 13.6. The highest BCUT2D eigenvalue weighted by atomic mass is 32.2. The van der Waals surface area contributed by atoms with Crippen molar-refractivity contribution in [2.75, 3.05) is 26.3 Å². The molecule has 1 fully saturated rings. The fourth-order valence-electron chi connectivity index (χ4n) is 2.16. The van der Waals surface area contributed by atoms with Crippen molar-refractivity contribution in [3.8, 4) is 0 Å². The van der Waals surface area contributed by atoms with Gasteiger partial charge in [0.05, 0.1) is 29.3 Å². The van der Waals surface area contributed by atoms with Crippen LogP contribution in [-0.2, 0) is 20.3 Å². The number of ether oxygens (including phenoxy) is 2. The van der Waals surface area contributed by atoms with Gasteiger partial charge in [0.25, 0.3) is 0 Å². The van der Waals surface area contributed by atoms with Gasteiger partial charge in [-0.2, -0.15) is 0 Å². The quantitative estimate of drug-likeness (QED) is 0.828. The molecule has 7 heteroatoms. The lowest BCUT2D eigenvalue weighted by molar-refractivity contribution is 0.0244. The third kappa shape index (κ3) is 5.28. The summed E-state index contributed by atoms with van der Waals surface area (Å²) in [5, 5.41) is -0.379. The topological polar surface area (TPSA) is 55.8 Å². The Kier molecular flexibility index (Phi) is 5.75. The summed E-state index contributed by atoms with van der Waals surface area (Å²) in [6, 6.07) is 5.54. The molecule has 1 unspecified atom stereocenters. The minimum Gasteiger partial charge on any atom is -0.444 e. The number of rotatable bonds is 2. The molecule has 23 heavy (non-hydrogen) atoms. The first-order valence-corrected chi connectivity index (χ1v) is 8.69. The van der Waals surface area contributed by atoms with E-state index in [-0.39, 0.29) is 24.2 Å². The van der Waals surface area contributed by atoms with Crippen molar-refractivity contribution in [2.45, 2.75) is 36.5 Å². The summed E-state index contributed by atoms with van der Waals surface area (Å²) < 4.78 is 36.5. The number of halogens is 1. The van der Waals surface area contributed by atoms with Crippen LogP contribution in [0.1, 0.15) is 20.8 Å². The van der Waals surface area contributed by atoms with Crippen LogP contribution in [0.3, 0.4) is 0 Å². The van der Waals surface area contributed by atoms with E-state index < -0.39 is 22.5 Å². The Labute approximate surface area is 138 Å². The zero-order valence-corrected chi connectivity index (χ0v) is 14.4. The molecule has 1 amide bonds. The molecule has 0 radical (unpaired) electrons. The summed E-state index contributed by atoms with van der Waals surface area (Å²) in [5.41, 5.74) is -0.587. The molecule has 2 atom stereocenters. The Morgan fingerprint density at radius 3 is 2.61 bits per heavy atom. The average molecular weight is 343 g/mol. The normalized spacial score (nSPS) is 20.7. The molecule has 1 saturated heterocycles. The lowest BCUT2D eigenvalue weighted by Gasteiger charge is -2.27. The molecule has 0 aliphatic carbocycles. The summed E-state index contributed by atoms with van der Waals surface area (Å²) in [6.45, 7) is 6.72. The van der Waals surface area contributed by atoms with Crippen molar-refractivity contribution in [2.24, 2.45) is 0 Å². The predicted octanol–water partition coefficient (Wildman–Crippen LogP) is 2.57. The monoisotopic (exact) mass is 343 g/mol. The molecule has 0 bridgehead atoms. The number of nitrogens with zero attached hydrogens (tertiary/aromatic N) is 1. The van der Waals surface area contributed by atoms with E-state index in [9.17, 15) is 13.4 Å². The second-order valence-corrected chi connectivity index (χ2v) is 8.11. The van der Waals surface area contributed by atoms with Gasteiger partial charge in [-0.1, -0.05) is 0 Å². The van der Waals surface area contributed by atoms with E-state index in [4.69, 9.17) is 9.47 Å². The van der Waals surface area contributed by atoms with Crippen LogP contribution in [0.25, 0.3) is 0 Å². The molecule has 1 aliphatic rings. The molecule has 1 aromatic carbocycles. The third-order valence-electron chi connectivity index (χ3n) is 3.23. The number of amides is 1. The molecule has 0 saturated carbocycles. The number of carbonyl (C=O) groups is 1.